The molecule has 0 spiro atoms. The van der Waals surface area contributed by atoms with Crippen molar-refractivity contribution in [2.45, 2.75) is 6.54 Å². The molecule has 108 valence electrons. The standard InChI is InChI=1S/C16H16N2O3/c17-10-12-6-8-14(9-7-12)21-11-15(19)18-16(20)13-4-2-1-3-5-13/h1-9H,10-11,17H2,(H,18,19,20). The van der Waals surface area contributed by atoms with Gasteiger partial charge in [-0.05, 0) is 29.8 Å². The minimum absolute atomic E-state index is 0.222. The molecule has 0 bridgehead atoms. The van der Waals surface area contributed by atoms with E-state index >= 15 is 0 Å². The largest absolute Gasteiger partial charge is 0.484 e. The smallest absolute Gasteiger partial charge is 0.264 e. The molecule has 0 saturated carbocycles. The van der Waals surface area contributed by atoms with Crippen LogP contribution in [-0.4, -0.2) is 18.4 Å². The van der Waals surface area contributed by atoms with Crippen molar-refractivity contribution in [2.75, 3.05) is 6.61 Å². The molecule has 0 fully saturated rings. The lowest BCUT2D eigenvalue weighted by Crippen LogP contribution is -2.34. The Bertz CT molecular complexity index is 609. The van der Waals surface area contributed by atoms with Gasteiger partial charge in [-0.25, -0.2) is 0 Å². The van der Waals surface area contributed by atoms with Crippen molar-refractivity contribution in [2.24, 2.45) is 5.73 Å². The summed E-state index contributed by atoms with van der Waals surface area (Å²) in [5.41, 5.74) is 6.90. The molecule has 0 saturated heterocycles. The maximum atomic E-state index is 11.7. The van der Waals surface area contributed by atoms with Gasteiger partial charge in [-0.1, -0.05) is 30.3 Å². The number of carbonyl (C=O) groups is 2. The Balaban J connectivity index is 1.83. The first kappa shape index (κ1) is 14.7. The van der Waals surface area contributed by atoms with E-state index in [9.17, 15) is 9.59 Å². The van der Waals surface area contributed by atoms with Crippen molar-refractivity contribution in [3.8, 4) is 5.75 Å². The van der Waals surface area contributed by atoms with Gasteiger partial charge in [-0.3, -0.25) is 14.9 Å². The third-order valence-electron chi connectivity index (χ3n) is 2.82. The number of hydrogen-bond acceptors (Lipinski definition) is 4. The molecule has 5 nitrogen and oxygen atoms in total. The monoisotopic (exact) mass is 284 g/mol. The third-order valence-corrected chi connectivity index (χ3v) is 2.82. The zero-order valence-electron chi connectivity index (χ0n) is 11.4. The molecule has 0 atom stereocenters. The Labute approximate surface area is 122 Å². The first-order valence-electron chi connectivity index (χ1n) is 6.50. The number of rotatable bonds is 5. The van der Waals surface area contributed by atoms with Gasteiger partial charge in [-0.15, -0.1) is 0 Å². The Kier molecular flexibility index (Phi) is 5.06. The second-order valence-corrected chi connectivity index (χ2v) is 4.38. The van der Waals surface area contributed by atoms with Crippen LogP contribution in [0.2, 0.25) is 0 Å². The summed E-state index contributed by atoms with van der Waals surface area (Å²) < 4.78 is 5.30. The van der Waals surface area contributed by atoms with Crippen molar-refractivity contribution in [3.63, 3.8) is 0 Å². The fourth-order valence-electron chi connectivity index (χ4n) is 1.70. The molecule has 2 rings (SSSR count). The summed E-state index contributed by atoms with van der Waals surface area (Å²) in [6.45, 7) is 0.229. The molecule has 0 aliphatic rings. The summed E-state index contributed by atoms with van der Waals surface area (Å²) in [6, 6.07) is 15.6. The van der Waals surface area contributed by atoms with Gasteiger partial charge in [0.2, 0.25) is 0 Å². The van der Waals surface area contributed by atoms with Crippen LogP contribution < -0.4 is 15.8 Å². The highest BCUT2D eigenvalue weighted by molar-refractivity contribution is 6.05. The van der Waals surface area contributed by atoms with Gasteiger partial charge in [-0.2, -0.15) is 0 Å². The predicted octanol–water partition coefficient (Wildman–Crippen LogP) is 1.48. The zero-order valence-corrected chi connectivity index (χ0v) is 11.4. The Morgan fingerprint density at radius 2 is 1.67 bits per heavy atom. The van der Waals surface area contributed by atoms with Crippen LogP contribution in [0.4, 0.5) is 0 Å². The molecular weight excluding hydrogens is 268 g/mol. The summed E-state index contributed by atoms with van der Waals surface area (Å²) in [7, 11) is 0. The SMILES string of the molecule is NCc1ccc(OCC(=O)NC(=O)c2ccccc2)cc1. The van der Waals surface area contributed by atoms with Gasteiger partial charge in [0.05, 0.1) is 0 Å². The first-order valence-corrected chi connectivity index (χ1v) is 6.50. The fraction of sp³-hybridized carbons (Fsp3) is 0.125. The third kappa shape index (κ3) is 4.43. The second kappa shape index (κ2) is 7.21. The summed E-state index contributed by atoms with van der Waals surface area (Å²) >= 11 is 0. The molecule has 2 aromatic carbocycles. The lowest BCUT2D eigenvalue weighted by atomic mass is 10.2. The average Bonchev–Trinajstić information content (AvgIpc) is 2.54. The molecule has 0 heterocycles. The van der Waals surface area contributed by atoms with Gasteiger partial charge >= 0.3 is 0 Å². The summed E-state index contributed by atoms with van der Waals surface area (Å²) in [5, 5.41) is 2.27. The van der Waals surface area contributed by atoms with E-state index in [0.29, 0.717) is 17.9 Å². The van der Waals surface area contributed by atoms with Crippen LogP contribution in [0.5, 0.6) is 5.75 Å². The highest BCUT2D eigenvalue weighted by atomic mass is 16.5. The van der Waals surface area contributed by atoms with Crippen molar-refractivity contribution in [1.29, 1.82) is 0 Å². The number of benzene rings is 2. The van der Waals surface area contributed by atoms with E-state index in [2.05, 4.69) is 5.32 Å². The Hall–Kier alpha value is -2.66. The molecule has 0 aromatic heterocycles. The predicted molar refractivity (Wildman–Crippen MR) is 78.7 cm³/mol. The molecule has 5 heteroatoms. The summed E-state index contributed by atoms with van der Waals surface area (Å²) in [5.74, 6) is -0.385. The average molecular weight is 284 g/mol. The summed E-state index contributed by atoms with van der Waals surface area (Å²) in [4.78, 5) is 23.4. The highest BCUT2D eigenvalue weighted by Gasteiger charge is 2.10. The van der Waals surface area contributed by atoms with Gasteiger partial charge in [0.15, 0.2) is 6.61 Å². The quantitative estimate of drug-likeness (QED) is 0.871. The van der Waals surface area contributed by atoms with Crippen LogP contribution in [-0.2, 0) is 11.3 Å². The molecule has 0 aliphatic carbocycles. The number of carbonyl (C=O) groups excluding carboxylic acids is 2. The van der Waals surface area contributed by atoms with Crippen LogP contribution in [0.3, 0.4) is 0 Å². The number of nitrogens with one attached hydrogen (secondary N) is 1. The minimum Gasteiger partial charge on any atom is -0.484 e. The van der Waals surface area contributed by atoms with Gasteiger partial charge in [0.1, 0.15) is 5.75 Å². The topological polar surface area (TPSA) is 81.4 Å². The van der Waals surface area contributed by atoms with Crippen LogP contribution >= 0.6 is 0 Å². The number of amides is 2. The van der Waals surface area contributed by atoms with Crippen LogP contribution in [0.25, 0.3) is 0 Å². The van der Waals surface area contributed by atoms with Crippen LogP contribution in [0.15, 0.2) is 54.6 Å². The zero-order chi connectivity index (χ0) is 15.1. The number of hydrogen-bond donors (Lipinski definition) is 2. The molecule has 0 unspecified atom stereocenters. The molecule has 0 aliphatic heterocycles. The molecular formula is C16H16N2O3. The Morgan fingerprint density at radius 1 is 1.00 bits per heavy atom. The van der Waals surface area contributed by atoms with E-state index in [-0.39, 0.29) is 6.61 Å². The van der Waals surface area contributed by atoms with E-state index in [1.165, 1.54) is 0 Å². The van der Waals surface area contributed by atoms with E-state index in [4.69, 9.17) is 10.5 Å². The molecule has 2 aromatic rings. The lowest BCUT2D eigenvalue weighted by Gasteiger charge is -2.07. The van der Waals surface area contributed by atoms with Gasteiger partial charge in [0.25, 0.3) is 11.8 Å². The van der Waals surface area contributed by atoms with Crippen molar-refractivity contribution in [1.82, 2.24) is 5.32 Å². The molecule has 3 N–H and O–H groups in total. The molecule has 0 radical (unpaired) electrons. The Morgan fingerprint density at radius 3 is 2.29 bits per heavy atom. The van der Waals surface area contributed by atoms with E-state index in [1.54, 1.807) is 42.5 Å². The van der Waals surface area contributed by atoms with E-state index < -0.39 is 11.8 Å². The van der Waals surface area contributed by atoms with Gasteiger partial charge in [0, 0.05) is 12.1 Å². The van der Waals surface area contributed by atoms with E-state index in [0.717, 1.165) is 5.56 Å². The van der Waals surface area contributed by atoms with Gasteiger partial charge < -0.3 is 10.5 Å². The molecule has 2 amide bonds. The maximum Gasteiger partial charge on any atom is 0.264 e. The highest BCUT2D eigenvalue weighted by Crippen LogP contribution is 2.11. The molecule has 21 heavy (non-hydrogen) atoms. The van der Waals surface area contributed by atoms with Crippen molar-refractivity contribution < 1.29 is 14.3 Å². The minimum atomic E-state index is -0.494. The van der Waals surface area contributed by atoms with Crippen molar-refractivity contribution in [3.05, 3.63) is 65.7 Å². The second-order valence-electron chi connectivity index (χ2n) is 4.38. The van der Waals surface area contributed by atoms with E-state index in [1.807, 2.05) is 12.1 Å². The fourth-order valence-corrected chi connectivity index (χ4v) is 1.70. The van der Waals surface area contributed by atoms with Crippen LogP contribution in [0, 0.1) is 0 Å². The number of ether oxygens (including phenoxy) is 1. The maximum absolute atomic E-state index is 11.7. The normalized spacial score (nSPS) is 9.95. The number of imide groups is 1. The lowest BCUT2D eigenvalue weighted by molar-refractivity contribution is -0.122. The number of nitrogens with two attached hydrogens (primary N) is 1. The first-order chi connectivity index (χ1) is 10.2. The van der Waals surface area contributed by atoms with Crippen molar-refractivity contribution >= 4 is 11.8 Å². The van der Waals surface area contributed by atoms with Crippen LogP contribution in [0.1, 0.15) is 15.9 Å². The summed E-state index contributed by atoms with van der Waals surface area (Å²) in [6.07, 6.45) is 0.